The Kier molecular flexibility index (Phi) is 6.49. The minimum Gasteiger partial charge on any atom is -0.508 e. The molecule has 6 heteroatoms. The zero-order valence-corrected chi connectivity index (χ0v) is 20.9. The van der Waals surface area contributed by atoms with E-state index in [-0.39, 0.29) is 34.5 Å². The summed E-state index contributed by atoms with van der Waals surface area (Å²) in [6.45, 7) is 4.74. The zero-order valence-electron chi connectivity index (χ0n) is 20.9. The van der Waals surface area contributed by atoms with Gasteiger partial charge in [0.1, 0.15) is 22.9 Å². The van der Waals surface area contributed by atoms with Crippen molar-refractivity contribution in [1.82, 2.24) is 0 Å². The number of anilines is 3. The number of aryl methyl sites for hydroxylation is 1. The van der Waals surface area contributed by atoms with Crippen LogP contribution in [0.5, 0.6) is 17.2 Å². The normalized spacial score (nSPS) is 12.6. The van der Waals surface area contributed by atoms with E-state index in [0.717, 1.165) is 17.5 Å². The number of para-hydroxylation sites is 1. The van der Waals surface area contributed by atoms with Crippen molar-refractivity contribution in [2.45, 2.75) is 32.6 Å². The van der Waals surface area contributed by atoms with E-state index in [1.807, 2.05) is 0 Å². The average molecular weight is 495 g/mol. The average Bonchev–Trinajstić information content (AvgIpc) is 3.00. The Morgan fingerprint density at radius 2 is 1.49 bits per heavy atom. The van der Waals surface area contributed by atoms with Crippen molar-refractivity contribution < 1.29 is 20.1 Å². The van der Waals surface area contributed by atoms with Crippen LogP contribution in [-0.2, 0) is 6.42 Å². The number of phenolic OH excluding ortho intramolecular Hbond substituents is 3. The van der Waals surface area contributed by atoms with Crippen LogP contribution in [0.3, 0.4) is 0 Å². The van der Waals surface area contributed by atoms with Crippen LogP contribution in [0.15, 0.2) is 78.9 Å². The topological polar surface area (TPSA) is 93.0 Å². The molecule has 1 aliphatic rings. The Hall–Kier alpha value is -4.45. The van der Waals surface area contributed by atoms with E-state index in [1.54, 1.807) is 12.1 Å². The highest BCUT2D eigenvalue weighted by Gasteiger charge is 2.30. The summed E-state index contributed by atoms with van der Waals surface area (Å²) in [5.74, 6) is -0.265. The first-order chi connectivity index (χ1) is 17.8. The lowest BCUT2D eigenvalue weighted by atomic mass is 9.98. The van der Waals surface area contributed by atoms with Crippen LogP contribution in [0.25, 0.3) is 11.1 Å². The third-order valence-electron chi connectivity index (χ3n) is 6.85. The number of phenols is 3. The number of fused-ring (bicyclic) bond motifs is 2. The van der Waals surface area contributed by atoms with Gasteiger partial charge in [0, 0.05) is 18.7 Å². The summed E-state index contributed by atoms with van der Waals surface area (Å²) >= 11 is 0. The van der Waals surface area contributed by atoms with Gasteiger partial charge >= 0.3 is 0 Å². The molecule has 188 valence electrons. The van der Waals surface area contributed by atoms with Crippen molar-refractivity contribution in [2.24, 2.45) is 0 Å². The first-order valence-electron chi connectivity index (χ1n) is 12.5. The van der Waals surface area contributed by atoms with Gasteiger partial charge in [-0.2, -0.15) is 0 Å². The maximum Gasteiger partial charge on any atom is 0.260 e. The van der Waals surface area contributed by atoms with Crippen LogP contribution >= 0.6 is 0 Å². The maximum absolute atomic E-state index is 13.5. The summed E-state index contributed by atoms with van der Waals surface area (Å²) < 4.78 is 0. The molecule has 1 aliphatic heterocycles. The zero-order chi connectivity index (χ0) is 26.1. The van der Waals surface area contributed by atoms with Crippen molar-refractivity contribution in [3.63, 3.8) is 0 Å². The molecule has 5 rings (SSSR count). The molecule has 0 unspecified atom stereocenters. The van der Waals surface area contributed by atoms with E-state index < -0.39 is 0 Å². The van der Waals surface area contributed by atoms with E-state index in [1.165, 1.54) is 34.2 Å². The van der Waals surface area contributed by atoms with Gasteiger partial charge in [0.25, 0.3) is 5.91 Å². The highest BCUT2D eigenvalue weighted by atomic mass is 16.3. The molecule has 0 spiro atoms. The molecule has 1 heterocycles. The van der Waals surface area contributed by atoms with Gasteiger partial charge in [-0.1, -0.05) is 68.4 Å². The Balaban J connectivity index is 1.34. The molecule has 0 bridgehead atoms. The Morgan fingerprint density at radius 3 is 2.16 bits per heavy atom. The highest BCUT2D eigenvalue weighted by Crippen LogP contribution is 2.45. The van der Waals surface area contributed by atoms with Gasteiger partial charge in [-0.15, -0.1) is 0 Å². The van der Waals surface area contributed by atoms with Crippen LogP contribution in [0.2, 0.25) is 0 Å². The molecule has 1 amide bonds. The smallest absolute Gasteiger partial charge is 0.260 e. The minimum atomic E-state index is -0.317. The minimum absolute atomic E-state index is 0.0925. The van der Waals surface area contributed by atoms with Crippen LogP contribution in [0.4, 0.5) is 17.1 Å². The van der Waals surface area contributed by atoms with Crippen LogP contribution in [0, 0.1) is 0 Å². The fraction of sp³-hybridized carbons (Fsp3) is 0.194. The number of nitrogens with one attached hydrogen (secondary N) is 1. The predicted molar refractivity (Wildman–Crippen MR) is 147 cm³/mol. The molecule has 0 fully saturated rings. The highest BCUT2D eigenvalue weighted by molar-refractivity contribution is 6.15. The fourth-order valence-corrected chi connectivity index (χ4v) is 4.76. The second kappa shape index (κ2) is 9.90. The summed E-state index contributed by atoms with van der Waals surface area (Å²) in [5.41, 5.74) is 5.95. The molecule has 4 N–H and O–H groups in total. The first-order valence-corrected chi connectivity index (χ1v) is 12.5. The molecule has 4 aromatic rings. The van der Waals surface area contributed by atoms with Gasteiger partial charge in [-0.05, 0) is 53.1 Å². The number of amides is 1. The summed E-state index contributed by atoms with van der Waals surface area (Å²) in [4.78, 5) is 15.0. The molecule has 37 heavy (non-hydrogen) atoms. The number of rotatable bonds is 6. The number of hydrogen-bond acceptors (Lipinski definition) is 5. The van der Waals surface area contributed by atoms with Gasteiger partial charge in [-0.3, -0.25) is 4.79 Å². The van der Waals surface area contributed by atoms with Crippen LogP contribution in [0.1, 0.15) is 47.7 Å². The van der Waals surface area contributed by atoms with Crippen molar-refractivity contribution in [3.8, 4) is 28.4 Å². The SMILES string of the molecule is CC(C)c1ccc(-c2ccc(CCCN3C(=O)c4cccc(O)c4Nc4c(O)cc(O)cc43)cc2)cc1. The van der Waals surface area contributed by atoms with E-state index in [4.69, 9.17) is 0 Å². The largest absolute Gasteiger partial charge is 0.508 e. The Bertz CT molecular complexity index is 1440. The standard InChI is InChI=1S/C31H30N2O4/c1-19(2)21-12-14-23(15-13-21)22-10-8-20(9-11-22)5-4-16-33-26-17-24(34)18-28(36)30(26)32-29-25(31(33)37)6-3-7-27(29)35/h3,6-15,17-19,32,34-36H,4-5,16H2,1-2H3. The van der Waals surface area contributed by atoms with E-state index in [2.05, 4.69) is 67.7 Å². The molecule has 0 radical (unpaired) electrons. The quantitative estimate of drug-likeness (QED) is 0.172. The predicted octanol–water partition coefficient (Wildman–Crippen LogP) is 6.93. The van der Waals surface area contributed by atoms with Crippen molar-refractivity contribution in [3.05, 3.63) is 95.6 Å². The van der Waals surface area contributed by atoms with E-state index in [0.29, 0.717) is 30.1 Å². The van der Waals surface area contributed by atoms with Gasteiger partial charge in [0.15, 0.2) is 0 Å². The number of hydrogen-bond donors (Lipinski definition) is 4. The van der Waals surface area contributed by atoms with Gasteiger partial charge < -0.3 is 25.5 Å². The van der Waals surface area contributed by atoms with Crippen LogP contribution in [-0.4, -0.2) is 27.8 Å². The monoisotopic (exact) mass is 494 g/mol. The third-order valence-corrected chi connectivity index (χ3v) is 6.85. The third kappa shape index (κ3) is 4.83. The summed E-state index contributed by atoms with van der Waals surface area (Å²) in [6.07, 6.45) is 1.41. The van der Waals surface area contributed by atoms with Gasteiger partial charge in [0.05, 0.1) is 16.9 Å². The molecule has 6 nitrogen and oxygen atoms in total. The van der Waals surface area contributed by atoms with Gasteiger partial charge in [0.2, 0.25) is 0 Å². The van der Waals surface area contributed by atoms with Gasteiger partial charge in [-0.25, -0.2) is 0 Å². The summed E-state index contributed by atoms with van der Waals surface area (Å²) in [7, 11) is 0. The summed E-state index contributed by atoms with van der Waals surface area (Å²) in [5, 5.41) is 34.0. The fourth-order valence-electron chi connectivity index (χ4n) is 4.76. The van der Waals surface area contributed by atoms with Crippen molar-refractivity contribution in [1.29, 1.82) is 0 Å². The lowest BCUT2D eigenvalue weighted by Crippen LogP contribution is -2.31. The Morgan fingerprint density at radius 1 is 0.811 bits per heavy atom. The number of carbonyl (C=O) groups is 1. The summed E-state index contributed by atoms with van der Waals surface area (Å²) in [6, 6.07) is 24.5. The second-order valence-electron chi connectivity index (χ2n) is 9.72. The molecular formula is C31H30N2O4. The molecule has 0 saturated carbocycles. The first kappa shape index (κ1) is 24.3. The molecule has 0 atom stereocenters. The molecule has 0 aliphatic carbocycles. The lowest BCUT2D eigenvalue weighted by Gasteiger charge is -2.23. The number of carbonyl (C=O) groups excluding carboxylic acids is 1. The second-order valence-corrected chi connectivity index (χ2v) is 9.72. The molecule has 4 aromatic carbocycles. The van der Waals surface area contributed by atoms with Crippen molar-refractivity contribution >= 4 is 23.0 Å². The van der Waals surface area contributed by atoms with Crippen LogP contribution < -0.4 is 10.2 Å². The number of aromatic hydroxyl groups is 3. The molecule has 0 aromatic heterocycles. The van der Waals surface area contributed by atoms with E-state index >= 15 is 0 Å². The lowest BCUT2D eigenvalue weighted by molar-refractivity contribution is 0.0988. The maximum atomic E-state index is 13.5. The van der Waals surface area contributed by atoms with E-state index in [9.17, 15) is 20.1 Å². The molecule has 0 saturated heterocycles. The van der Waals surface area contributed by atoms with Crippen molar-refractivity contribution in [2.75, 3.05) is 16.8 Å². The number of benzene rings is 4. The molecular weight excluding hydrogens is 464 g/mol. The number of nitrogens with zero attached hydrogens (tertiary/aromatic N) is 1. The Labute approximate surface area is 216 Å².